The largest absolute Gasteiger partial charge is 0.304 e. The number of imidazole rings is 1. The molecule has 0 saturated heterocycles. The van der Waals surface area contributed by atoms with E-state index in [1.165, 1.54) is 11.3 Å². The van der Waals surface area contributed by atoms with Gasteiger partial charge in [0.25, 0.3) is 0 Å². The van der Waals surface area contributed by atoms with Crippen LogP contribution in [0.25, 0.3) is 5.65 Å². The Morgan fingerprint density at radius 1 is 1.23 bits per heavy atom. The Bertz CT molecular complexity index is 427. The van der Waals surface area contributed by atoms with Crippen molar-refractivity contribution in [1.82, 2.24) is 9.38 Å². The molecule has 13 heavy (non-hydrogen) atoms. The van der Waals surface area contributed by atoms with Gasteiger partial charge in [0.05, 0.1) is 5.69 Å². The summed E-state index contributed by atoms with van der Waals surface area (Å²) in [5.41, 5.74) is 4.65. The standard InChI is InChI=1S/C10H12N2.CH4/c1-7-5-4-6-12-9(3)8(2)11-10(7)12;/h4-6H,1-3H3;1H4. The van der Waals surface area contributed by atoms with Gasteiger partial charge in [-0.2, -0.15) is 0 Å². The molecule has 0 aliphatic rings. The SMILES string of the molecule is C.Cc1nc2c(C)cccn2c1C. The number of rotatable bonds is 0. The van der Waals surface area contributed by atoms with Gasteiger partial charge in [-0.3, -0.25) is 0 Å². The normalized spacial score (nSPS) is 10.1. The third-order valence-corrected chi connectivity index (χ3v) is 2.32. The molecular weight excluding hydrogens is 160 g/mol. The number of nitrogens with zero attached hydrogens (tertiary/aromatic N) is 2. The highest BCUT2D eigenvalue weighted by atomic mass is 15.0. The van der Waals surface area contributed by atoms with E-state index in [-0.39, 0.29) is 7.43 Å². The van der Waals surface area contributed by atoms with Crippen LogP contribution in [0.1, 0.15) is 24.4 Å². The van der Waals surface area contributed by atoms with Gasteiger partial charge in [0, 0.05) is 11.9 Å². The minimum absolute atomic E-state index is 0. The molecule has 0 aliphatic carbocycles. The monoisotopic (exact) mass is 176 g/mol. The average molecular weight is 176 g/mol. The van der Waals surface area contributed by atoms with Crippen molar-refractivity contribution < 1.29 is 0 Å². The Balaban J connectivity index is 0.000000845. The van der Waals surface area contributed by atoms with Crippen molar-refractivity contribution in [2.45, 2.75) is 28.2 Å². The van der Waals surface area contributed by atoms with Crippen LogP contribution in [0.2, 0.25) is 0 Å². The fourth-order valence-corrected chi connectivity index (χ4v) is 1.44. The Morgan fingerprint density at radius 2 is 1.92 bits per heavy atom. The quantitative estimate of drug-likeness (QED) is 0.603. The number of pyridine rings is 1. The number of hydrogen-bond donors (Lipinski definition) is 0. The van der Waals surface area contributed by atoms with E-state index < -0.39 is 0 Å². The van der Waals surface area contributed by atoms with Crippen LogP contribution in [0.5, 0.6) is 0 Å². The third-order valence-electron chi connectivity index (χ3n) is 2.32. The van der Waals surface area contributed by atoms with E-state index in [1.54, 1.807) is 0 Å². The second-order valence-corrected chi connectivity index (χ2v) is 3.17. The van der Waals surface area contributed by atoms with Crippen molar-refractivity contribution in [3.63, 3.8) is 0 Å². The second-order valence-electron chi connectivity index (χ2n) is 3.17. The van der Waals surface area contributed by atoms with Crippen molar-refractivity contribution in [2.24, 2.45) is 0 Å². The molecule has 0 N–H and O–H groups in total. The van der Waals surface area contributed by atoms with Gasteiger partial charge in [0.1, 0.15) is 5.65 Å². The van der Waals surface area contributed by atoms with E-state index >= 15 is 0 Å². The maximum atomic E-state index is 4.48. The predicted octanol–water partition coefficient (Wildman–Crippen LogP) is 2.90. The lowest BCUT2D eigenvalue weighted by Crippen LogP contribution is -1.88. The highest BCUT2D eigenvalue weighted by Gasteiger charge is 2.04. The fraction of sp³-hybridized carbons (Fsp3) is 0.364. The predicted molar refractivity (Wildman–Crippen MR) is 56.1 cm³/mol. The summed E-state index contributed by atoms with van der Waals surface area (Å²) in [5.74, 6) is 0. The molecule has 0 saturated carbocycles. The first-order valence-electron chi connectivity index (χ1n) is 4.11. The molecule has 70 valence electrons. The zero-order valence-electron chi connectivity index (χ0n) is 7.63. The summed E-state index contributed by atoms with van der Waals surface area (Å²) in [6, 6.07) is 4.14. The number of aromatic nitrogens is 2. The van der Waals surface area contributed by atoms with E-state index in [2.05, 4.69) is 41.6 Å². The van der Waals surface area contributed by atoms with Crippen LogP contribution in [-0.2, 0) is 0 Å². The van der Waals surface area contributed by atoms with Crippen LogP contribution in [0.4, 0.5) is 0 Å². The van der Waals surface area contributed by atoms with Gasteiger partial charge < -0.3 is 4.40 Å². The first-order chi connectivity index (χ1) is 5.70. The van der Waals surface area contributed by atoms with Crippen molar-refractivity contribution in [3.05, 3.63) is 35.3 Å². The number of fused-ring (bicyclic) bond motifs is 1. The summed E-state index contributed by atoms with van der Waals surface area (Å²) in [4.78, 5) is 4.48. The summed E-state index contributed by atoms with van der Waals surface area (Å²) >= 11 is 0. The first kappa shape index (κ1) is 9.78. The summed E-state index contributed by atoms with van der Waals surface area (Å²) in [6.07, 6.45) is 2.05. The lowest BCUT2D eigenvalue weighted by molar-refractivity contribution is 1.09. The maximum Gasteiger partial charge on any atom is 0.140 e. The van der Waals surface area contributed by atoms with Gasteiger partial charge in [0.2, 0.25) is 0 Å². The fourth-order valence-electron chi connectivity index (χ4n) is 1.44. The topological polar surface area (TPSA) is 17.3 Å². The highest BCUT2D eigenvalue weighted by Crippen LogP contribution is 2.13. The van der Waals surface area contributed by atoms with Crippen molar-refractivity contribution in [2.75, 3.05) is 0 Å². The molecule has 0 atom stereocenters. The van der Waals surface area contributed by atoms with Crippen molar-refractivity contribution in [1.29, 1.82) is 0 Å². The molecular formula is C11H16N2. The highest BCUT2D eigenvalue weighted by molar-refractivity contribution is 5.49. The van der Waals surface area contributed by atoms with Crippen LogP contribution >= 0.6 is 0 Å². The molecule has 0 unspecified atom stereocenters. The van der Waals surface area contributed by atoms with Crippen molar-refractivity contribution >= 4 is 5.65 Å². The summed E-state index contributed by atoms with van der Waals surface area (Å²) in [6.45, 7) is 6.22. The molecule has 0 amide bonds. The second kappa shape index (κ2) is 3.21. The van der Waals surface area contributed by atoms with E-state index in [9.17, 15) is 0 Å². The van der Waals surface area contributed by atoms with E-state index in [4.69, 9.17) is 0 Å². The molecule has 0 aliphatic heterocycles. The Hall–Kier alpha value is -1.31. The third kappa shape index (κ3) is 1.32. The molecule has 0 radical (unpaired) electrons. The summed E-state index contributed by atoms with van der Waals surface area (Å²) in [5, 5.41) is 0. The molecule has 2 aromatic rings. The average Bonchev–Trinajstić information content (AvgIpc) is 2.32. The van der Waals surface area contributed by atoms with Gasteiger partial charge >= 0.3 is 0 Å². The van der Waals surface area contributed by atoms with Gasteiger partial charge in [-0.25, -0.2) is 4.98 Å². The molecule has 0 spiro atoms. The molecule has 2 rings (SSSR count). The van der Waals surface area contributed by atoms with Crippen molar-refractivity contribution in [3.8, 4) is 0 Å². The number of hydrogen-bond acceptors (Lipinski definition) is 1. The molecule has 2 heterocycles. The minimum Gasteiger partial charge on any atom is -0.304 e. The van der Waals surface area contributed by atoms with Gasteiger partial charge in [-0.05, 0) is 32.4 Å². The van der Waals surface area contributed by atoms with E-state index in [0.29, 0.717) is 0 Å². The lowest BCUT2D eigenvalue weighted by Gasteiger charge is -1.97. The first-order valence-corrected chi connectivity index (χ1v) is 4.11. The Labute approximate surface area is 79.2 Å². The maximum absolute atomic E-state index is 4.48. The smallest absolute Gasteiger partial charge is 0.140 e. The van der Waals surface area contributed by atoms with E-state index in [1.807, 2.05) is 6.92 Å². The zero-order valence-corrected chi connectivity index (χ0v) is 7.63. The van der Waals surface area contributed by atoms with Crippen LogP contribution in [-0.4, -0.2) is 9.38 Å². The summed E-state index contributed by atoms with van der Waals surface area (Å²) in [7, 11) is 0. The molecule has 0 bridgehead atoms. The molecule has 2 aromatic heterocycles. The summed E-state index contributed by atoms with van der Waals surface area (Å²) < 4.78 is 2.13. The zero-order chi connectivity index (χ0) is 8.72. The van der Waals surface area contributed by atoms with Gasteiger partial charge in [-0.1, -0.05) is 13.5 Å². The minimum atomic E-state index is 0. The van der Waals surface area contributed by atoms with Crippen LogP contribution < -0.4 is 0 Å². The molecule has 2 heteroatoms. The molecule has 0 aromatic carbocycles. The lowest BCUT2D eigenvalue weighted by atomic mass is 10.3. The van der Waals surface area contributed by atoms with Crippen LogP contribution in [0.3, 0.4) is 0 Å². The van der Waals surface area contributed by atoms with Gasteiger partial charge in [-0.15, -0.1) is 0 Å². The molecule has 2 nitrogen and oxygen atoms in total. The van der Waals surface area contributed by atoms with Crippen LogP contribution in [0.15, 0.2) is 18.3 Å². The van der Waals surface area contributed by atoms with E-state index in [0.717, 1.165) is 11.3 Å². The molecule has 0 fully saturated rings. The van der Waals surface area contributed by atoms with Gasteiger partial charge in [0.15, 0.2) is 0 Å². The van der Waals surface area contributed by atoms with Crippen LogP contribution in [0, 0.1) is 20.8 Å². The Morgan fingerprint density at radius 3 is 2.54 bits per heavy atom. The Kier molecular flexibility index (Phi) is 2.41. The number of aryl methyl sites for hydroxylation is 3.